The topological polar surface area (TPSA) is 46.5 Å². The van der Waals surface area contributed by atoms with Gasteiger partial charge < -0.3 is 9.84 Å². The fraction of sp³-hybridized carbons (Fsp3) is 0.500. The molecule has 0 unspecified atom stereocenters. The van der Waals surface area contributed by atoms with Crippen LogP contribution in [0.15, 0.2) is 11.6 Å². The van der Waals surface area contributed by atoms with Crippen molar-refractivity contribution in [2.75, 3.05) is 0 Å². The molecule has 1 rings (SSSR count). The van der Waals surface area contributed by atoms with Crippen LogP contribution in [0, 0.1) is 12.3 Å². The minimum atomic E-state index is -0.593. The van der Waals surface area contributed by atoms with Gasteiger partial charge in [-0.15, -0.1) is 6.42 Å². The van der Waals surface area contributed by atoms with Crippen LogP contribution in [-0.2, 0) is 9.53 Å². The maximum Gasteiger partial charge on any atom is 0.302 e. The maximum atomic E-state index is 10.6. The average molecular weight is 180 g/mol. The summed E-state index contributed by atoms with van der Waals surface area (Å²) in [4.78, 5) is 10.6. The molecular formula is C10H12O3. The van der Waals surface area contributed by atoms with Crippen LogP contribution in [0.25, 0.3) is 0 Å². The Morgan fingerprint density at radius 1 is 1.85 bits per heavy atom. The first-order chi connectivity index (χ1) is 6.11. The minimum absolute atomic E-state index is 0.274. The lowest BCUT2D eigenvalue weighted by molar-refractivity contribution is -0.147. The fourth-order valence-electron chi connectivity index (χ4n) is 1.40. The first-order valence-corrected chi connectivity index (χ1v) is 4.14. The summed E-state index contributed by atoms with van der Waals surface area (Å²) in [7, 11) is 0. The third-order valence-corrected chi connectivity index (χ3v) is 1.86. The summed E-state index contributed by atoms with van der Waals surface area (Å²) < 4.78 is 4.96. The van der Waals surface area contributed by atoms with E-state index in [1.165, 1.54) is 6.92 Å². The van der Waals surface area contributed by atoms with Crippen molar-refractivity contribution >= 4 is 5.97 Å². The molecule has 0 radical (unpaired) electrons. The molecule has 13 heavy (non-hydrogen) atoms. The monoisotopic (exact) mass is 180 g/mol. The number of esters is 1. The molecule has 70 valence electrons. The van der Waals surface area contributed by atoms with Crippen LogP contribution in [-0.4, -0.2) is 23.3 Å². The van der Waals surface area contributed by atoms with E-state index in [0.29, 0.717) is 18.4 Å². The van der Waals surface area contributed by atoms with Gasteiger partial charge >= 0.3 is 5.97 Å². The molecule has 3 heteroatoms. The molecule has 0 spiro atoms. The Morgan fingerprint density at radius 3 is 3.08 bits per heavy atom. The van der Waals surface area contributed by atoms with Crippen LogP contribution >= 0.6 is 0 Å². The number of aliphatic hydroxyl groups is 1. The number of carbonyl (C=O) groups is 1. The highest BCUT2D eigenvalue weighted by Gasteiger charge is 2.22. The lowest BCUT2D eigenvalue weighted by atomic mass is 9.95. The predicted molar refractivity (Wildman–Crippen MR) is 47.7 cm³/mol. The van der Waals surface area contributed by atoms with E-state index in [2.05, 4.69) is 5.92 Å². The summed E-state index contributed by atoms with van der Waals surface area (Å²) in [6.07, 6.45) is 6.92. The van der Waals surface area contributed by atoms with Gasteiger partial charge in [-0.3, -0.25) is 4.79 Å². The average Bonchev–Trinajstić information content (AvgIpc) is 2.01. The molecular weight excluding hydrogens is 168 g/mol. The zero-order valence-corrected chi connectivity index (χ0v) is 7.49. The molecule has 0 heterocycles. The second-order valence-electron chi connectivity index (χ2n) is 3.07. The van der Waals surface area contributed by atoms with Gasteiger partial charge in [0, 0.05) is 25.3 Å². The van der Waals surface area contributed by atoms with Gasteiger partial charge in [-0.1, -0.05) is 5.92 Å². The summed E-state index contributed by atoms with van der Waals surface area (Å²) in [5, 5.41) is 9.33. The molecule has 0 aromatic heterocycles. The van der Waals surface area contributed by atoms with E-state index < -0.39 is 6.10 Å². The van der Waals surface area contributed by atoms with E-state index in [4.69, 9.17) is 11.2 Å². The van der Waals surface area contributed by atoms with Gasteiger partial charge in [0.15, 0.2) is 0 Å². The molecule has 0 aromatic carbocycles. The number of hydrogen-bond donors (Lipinski definition) is 1. The fourth-order valence-corrected chi connectivity index (χ4v) is 1.40. The minimum Gasteiger partial charge on any atom is -0.462 e. The normalized spacial score (nSPS) is 27.3. The van der Waals surface area contributed by atoms with Crippen molar-refractivity contribution in [3.8, 4) is 12.3 Å². The molecule has 0 fully saturated rings. The van der Waals surface area contributed by atoms with E-state index in [-0.39, 0.29) is 12.1 Å². The van der Waals surface area contributed by atoms with Crippen molar-refractivity contribution < 1.29 is 14.6 Å². The SMILES string of the molecule is C#CC1=C[C@@H](O)C[C@H](OC(C)=O)C1. The summed E-state index contributed by atoms with van der Waals surface area (Å²) in [6, 6.07) is 0. The van der Waals surface area contributed by atoms with Gasteiger partial charge in [-0.25, -0.2) is 0 Å². The Bertz CT molecular complexity index is 272. The second-order valence-corrected chi connectivity index (χ2v) is 3.07. The number of carbonyl (C=O) groups excluding carboxylic acids is 1. The molecule has 0 bridgehead atoms. The van der Waals surface area contributed by atoms with E-state index in [9.17, 15) is 9.90 Å². The van der Waals surface area contributed by atoms with Gasteiger partial charge in [0.05, 0.1) is 6.10 Å². The Balaban J connectivity index is 2.60. The first-order valence-electron chi connectivity index (χ1n) is 4.14. The Labute approximate surface area is 77.4 Å². The van der Waals surface area contributed by atoms with Crippen LogP contribution in [0.2, 0.25) is 0 Å². The van der Waals surface area contributed by atoms with Crippen molar-refractivity contribution in [2.45, 2.75) is 32.0 Å². The maximum absolute atomic E-state index is 10.6. The standard InChI is InChI=1S/C10H12O3/c1-3-8-4-9(12)6-10(5-8)13-7(2)11/h1,4,9-10,12H,5-6H2,2H3/t9-,10-/m1/s1. The summed E-state index contributed by atoms with van der Waals surface area (Å²) in [5.74, 6) is 2.11. The lowest BCUT2D eigenvalue weighted by Crippen LogP contribution is -2.26. The van der Waals surface area contributed by atoms with Crippen molar-refractivity contribution in [1.29, 1.82) is 0 Å². The zero-order valence-electron chi connectivity index (χ0n) is 7.49. The van der Waals surface area contributed by atoms with Crippen molar-refractivity contribution in [1.82, 2.24) is 0 Å². The van der Waals surface area contributed by atoms with Gasteiger partial charge in [0.25, 0.3) is 0 Å². The molecule has 0 aromatic rings. The number of terminal acetylenes is 1. The van der Waals surface area contributed by atoms with Gasteiger partial charge in [0.1, 0.15) is 6.10 Å². The third kappa shape index (κ3) is 2.92. The number of hydrogen-bond acceptors (Lipinski definition) is 3. The van der Waals surface area contributed by atoms with E-state index in [1.54, 1.807) is 6.08 Å². The van der Waals surface area contributed by atoms with Crippen molar-refractivity contribution in [2.24, 2.45) is 0 Å². The van der Waals surface area contributed by atoms with E-state index in [1.807, 2.05) is 0 Å². The highest BCUT2D eigenvalue weighted by Crippen LogP contribution is 2.20. The predicted octanol–water partition coefficient (Wildman–Crippen LogP) is 0.632. The summed E-state index contributed by atoms with van der Waals surface area (Å²) in [6.45, 7) is 1.35. The molecule has 3 nitrogen and oxygen atoms in total. The molecule has 2 atom stereocenters. The molecule has 1 N–H and O–H groups in total. The molecule has 0 saturated heterocycles. The lowest BCUT2D eigenvalue weighted by Gasteiger charge is -2.23. The first kappa shape index (κ1) is 9.82. The second kappa shape index (κ2) is 4.11. The Kier molecular flexibility index (Phi) is 3.10. The molecule has 0 aliphatic heterocycles. The van der Waals surface area contributed by atoms with Crippen molar-refractivity contribution in [3.05, 3.63) is 11.6 Å². The summed E-state index contributed by atoms with van der Waals surface area (Å²) >= 11 is 0. The highest BCUT2D eigenvalue weighted by atomic mass is 16.5. The van der Waals surface area contributed by atoms with Crippen LogP contribution < -0.4 is 0 Å². The van der Waals surface area contributed by atoms with Gasteiger partial charge in [0.2, 0.25) is 0 Å². The van der Waals surface area contributed by atoms with Crippen LogP contribution in [0.3, 0.4) is 0 Å². The smallest absolute Gasteiger partial charge is 0.302 e. The molecule has 1 aliphatic rings. The largest absolute Gasteiger partial charge is 0.462 e. The molecule has 0 amide bonds. The van der Waals surface area contributed by atoms with Gasteiger partial charge in [-0.2, -0.15) is 0 Å². The quantitative estimate of drug-likeness (QED) is 0.475. The molecule has 0 saturated carbocycles. The number of aliphatic hydroxyl groups excluding tert-OH is 1. The van der Waals surface area contributed by atoms with Crippen LogP contribution in [0.4, 0.5) is 0 Å². The molecule has 1 aliphatic carbocycles. The van der Waals surface area contributed by atoms with E-state index >= 15 is 0 Å². The highest BCUT2D eigenvalue weighted by molar-refractivity contribution is 5.66. The van der Waals surface area contributed by atoms with Gasteiger partial charge in [-0.05, 0) is 6.08 Å². The zero-order chi connectivity index (χ0) is 9.84. The summed E-state index contributed by atoms with van der Waals surface area (Å²) in [5.41, 5.74) is 0.699. The third-order valence-electron chi connectivity index (χ3n) is 1.86. The van der Waals surface area contributed by atoms with Crippen LogP contribution in [0.5, 0.6) is 0 Å². The van der Waals surface area contributed by atoms with Crippen LogP contribution in [0.1, 0.15) is 19.8 Å². The number of rotatable bonds is 1. The van der Waals surface area contributed by atoms with Crippen molar-refractivity contribution in [3.63, 3.8) is 0 Å². The Morgan fingerprint density at radius 2 is 2.54 bits per heavy atom. The van der Waals surface area contributed by atoms with E-state index in [0.717, 1.165) is 0 Å². The Hall–Kier alpha value is -1.27. The number of ether oxygens (including phenoxy) is 1.